The van der Waals surface area contributed by atoms with E-state index in [2.05, 4.69) is 10.4 Å². The fraction of sp³-hybridized carbons (Fsp3) is 0.600. The monoisotopic (exact) mass is 227 g/mol. The number of carbonyl (C=O) groups is 1. The largest absolute Gasteiger partial charge is 0.394 e. The molecule has 0 spiro atoms. The molecule has 0 aromatic carbocycles. The highest BCUT2D eigenvalue weighted by molar-refractivity contribution is 5.95. The average molecular weight is 227 g/mol. The summed E-state index contributed by atoms with van der Waals surface area (Å²) in [7, 11) is 1.75. The molecule has 6 heteroatoms. The Hall–Kier alpha value is -1.40. The minimum atomic E-state index is -0.925. The van der Waals surface area contributed by atoms with Gasteiger partial charge in [-0.2, -0.15) is 5.10 Å². The summed E-state index contributed by atoms with van der Waals surface area (Å²) in [6, 6.07) is 0. The van der Waals surface area contributed by atoms with E-state index in [1.807, 2.05) is 6.92 Å². The third-order valence-corrected chi connectivity index (χ3v) is 2.19. The summed E-state index contributed by atoms with van der Waals surface area (Å²) in [5, 5.41) is 24.4. The number of rotatable bonds is 5. The van der Waals surface area contributed by atoms with Gasteiger partial charge < -0.3 is 15.5 Å². The molecule has 0 saturated carbocycles. The van der Waals surface area contributed by atoms with E-state index >= 15 is 0 Å². The van der Waals surface area contributed by atoms with E-state index in [-0.39, 0.29) is 19.1 Å². The zero-order valence-electron chi connectivity index (χ0n) is 9.47. The van der Waals surface area contributed by atoms with E-state index < -0.39 is 6.10 Å². The number of nitrogens with one attached hydrogen (secondary N) is 1. The van der Waals surface area contributed by atoms with Gasteiger partial charge in [0.15, 0.2) is 0 Å². The maximum Gasteiger partial charge on any atom is 0.254 e. The number of aryl methyl sites for hydroxylation is 2. The average Bonchev–Trinajstić information content (AvgIpc) is 2.66. The van der Waals surface area contributed by atoms with Crippen molar-refractivity contribution in [3.8, 4) is 0 Å². The zero-order chi connectivity index (χ0) is 12.1. The lowest BCUT2D eigenvalue weighted by molar-refractivity contribution is 0.0801. The summed E-state index contributed by atoms with van der Waals surface area (Å²) in [6.07, 6.45) is 1.39. The molecule has 0 fully saturated rings. The molecule has 0 radical (unpaired) electrons. The maximum atomic E-state index is 11.7. The fourth-order valence-corrected chi connectivity index (χ4v) is 1.36. The Morgan fingerprint density at radius 3 is 2.94 bits per heavy atom. The van der Waals surface area contributed by atoms with Gasteiger partial charge in [0.2, 0.25) is 0 Å². The lowest BCUT2D eigenvalue weighted by Gasteiger charge is -2.08. The van der Waals surface area contributed by atoms with Gasteiger partial charge in [-0.25, -0.2) is 0 Å². The van der Waals surface area contributed by atoms with Gasteiger partial charge in [-0.15, -0.1) is 0 Å². The van der Waals surface area contributed by atoms with Crippen LogP contribution in [0.4, 0.5) is 0 Å². The van der Waals surface area contributed by atoms with Crippen molar-refractivity contribution in [2.45, 2.75) is 19.4 Å². The second-order valence-corrected chi connectivity index (χ2v) is 3.56. The molecule has 0 aliphatic heterocycles. The summed E-state index contributed by atoms with van der Waals surface area (Å²) in [4.78, 5) is 11.7. The lowest BCUT2D eigenvalue weighted by Crippen LogP contribution is -2.34. The van der Waals surface area contributed by atoms with Crippen molar-refractivity contribution in [3.05, 3.63) is 17.5 Å². The molecule has 1 aromatic heterocycles. The molecule has 1 heterocycles. The van der Waals surface area contributed by atoms with Crippen LogP contribution in [0, 0.1) is 0 Å². The van der Waals surface area contributed by atoms with Gasteiger partial charge in [0.25, 0.3) is 5.91 Å². The minimum Gasteiger partial charge on any atom is -0.394 e. The molecular formula is C10H17N3O3. The molecule has 3 N–H and O–H groups in total. The van der Waals surface area contributed by atoms with Gasteiger partial charge >= 0.3 is 0 Å². The Morgan fingerprint density at radius 1 is 1.69 bits per heavy atom. The minimum absolute atomic E-state index is 0.0351. The van der Waals surface area contributed by atoms with Gasteiger partial charge in [-0.05, 0) is 6.42 Å². The maximum absolute atomic E-state index is 11.7. The van der Waals surface area contributed by atoms with Gasteiger partial charge in [-0.3, -0.25) is 9.48 Å². The molecule has 1 atom stereocenters. The summed E-state index contributed by atoms with van der Waals surface area (Å²) >= 11 is 0. The highest BCUT2D eigenvalue weighted by atomic mass is 16.3. The number of aromatic nitrogens is 2. The van der Waals surface area contributed by atoms with E-state index in [0.29, 0.717) is 12.0 Å². The molecular weight excluding hydrogens is 210 g/mol. The van der Waals surface area contributed by atoms with Crippen LogP contribution in [0.1, 0.15) is 23.0 Å². The van der Waals surface area contributed by atoms with Gasteiger partial charge in [0.05, 0.1) is 24.0 Å². The van der Waals surface area contributed by atoms with E-state index in [1.165, 1.54) is 0 Å². The molecule has 1 aromatic rings. The molecule has 0 aliphatic rings. The van der Waals surface area contributed by atoms with Gasteiger partial charge in [0, 0.05) is 19.8 Å². The van der Waals surface area contributed by atoms with E-state index in [4.69, 9.17) is 10.2 Å². The molecule has 0 aliphatic carbocycles. The van der Waals surface area contributed by atoms with Crippen LogP contribution in [0.5, 0.6) is 0 Å². The first-order chi connectivity index (χ1) is 7.58. The Morgan fingerprint density at radius 2 is 2.38 bits per heavy atom. The molecule has 90 valence electrons. The van der Waals surface area contributed by atoms with Crippen LogP contribution in [0.2, 0.25) is 0 Å². The molecule has 16 heavy (non-hydrogen) atoms. The number of aliphatic hydroxyl groups is 2. The lowest BCUT2D eigenvalue weighted by atomic mass is 10.2. The van der Waals surface area contributed by atoms with E-state index in [0.717, 1.165) is 5.69 Å². The standard InChI is InChI=1S/C10H17N3O3/c1-3-9-8(5-13(2)12-9)10(16)11-4-7(15)6-14/h5,7,14-15H,3-4,6H2,1-2H3,(H,11,16). The molecule has 1 amide bonds. The highest BCUT2D eigenvalue weighted by Gasteiger charge is 2.14. The van der Waals surface area contributed by atoms with Crippen LogP contribution in [0.15, 0.2) is 6.20 Å². The summed E-state index contributed by atoms with van der Waals surface area (Å²) < 4.78 is 1.58. The van der Waals surface area contributed by atoms with Gasteiger partial charge in [-0.1, -0.05) is 6.92 Å². The predicted octanol–water partition coefficient (Wildman–Crippen LogP) is -0.934. The van der Waals surface area contributed by atoms with Crippen LogP contribution >= 0.6 is 0 Å². The Balaban J connectivity index is 2.65. The SMILES string of the molecule is CCc1nn(C)cc1C(=O)NCC(O)CO. The Kier molecular flexibility index (Phi) is 4.45. The normalized spacial score (nSPS) is 12.5. The third-order valence-electron chi connectivity index (χ3n) is 2.19. The number of carbonyl (C=O) groups excluding carboxylic acids is 1. The van der Waals surface area contributed by atoms with Crippen LogP contribution in [0.25, 0.3) is 0 Å². The fourth-order valence-electron chi connectivity index (χ4n) is 1.36. The third kappa shape index (κ3) is 3.04. The molecule has 0 saturated heterocycles. The highest BCUT2D eigenvalue weighted by Crippen LogP contribution is 2.06. The van der Waals surface area contributed by atoms with Crippen molar-refractivity contribution < 1.29 is 15.0 Å². The topological polar surface area (TPSA) is 87.4 Å². The van der Waals surface area contributed by atoms with Gasteiger partial charge in [0.1, 0.15) is 0 Å². The first-order valence-electron chi connectivity index (χ1n) is 5.18. The zero-order valence-corrected chi connectivity index (χ0v) is 9.47. The second-order valence-electron chi connectivity index (χ2n) is 3.56. The first-order valence-corrected chi connectivity index (χ1v) is 5.18. The van der Waals surface area contributed by atoms with Crippen molar-refractivity contribution in [2.75, 3.05) is 13.2 Å². The molecule has 1 unspecified atom stereocenters. The molecule has 0 bridgehead atoms. The molecule has 6 nitrogen and oxygen atoms in total. The quantitative estimate of drug-likeness (QED) is 0.606. The van der Waals surface area contributed by atoms with Crippen LogP contribution < -0.4 is 5.32 Å². The number of hydrogen-bond acceptors (Lipinski definition) is 4. The Labute approximate surface area is 93.9 Å². The first kappa shape index (κ1) is 12.7. The van der Waals surface area contributed by atoms with Crippen molar-refractivity contribution in [2.24, 2.45) is 7.05 Å². The Bertz CT molecular complexity index is 362. The van der Waals surface area contributed by atoms with Crippen molar-refractivity contribution >= 4 is 5.91 Å². The second kappa shape index (κ2) is 5.62. The van der Waals surface area contributed by atoms with Crippen molar-refractivity contribution in [3.63, 3.8) is 0 Å². The van der Waals surface area contributed by atoms with E-state index in [1.54, 1.807) is 17.9 Å². The smallest absolute Gasteiger partial charge is 0.254 e. The predicted molar refractivity (Wildman–Crippen MR) is 58.0 cm³/mol. The van der Waals surface area contributed by atoms with Crippen molar-refractivity contribution in [1.82, 2.24) is 15.1 Å². The number of nitrogens with zero attached hydrogens (tertiary/aromatic N) is 2. The number of hydrogen-bond donors (Lipinski definition) is 3. The summed E-state index contributed by atoms with van der Waals surface area (Å²) in [5.41, 5.74) is 1.23. The van der Waals surface area contributed by atoms with Crippen LogP contribution in [-0.2, 0) is 13.5 Å². The van der Waals surface area contributed by atoms with Crippen LogP contribution in [-0.4, -0.2) is 45.2 Å². The number of amides is 1. The van der Waals surface area contributed by atoms with Crippen molar-refractivity contribution in [1.29, 1.82) is 0 Å². The summed E-state index contributed by atoms with van der Waals surface area (Å²) in [5.74, 6) is -0.280. The van der Waals surface area contributed by atoms with Crippen LogP contribution in [0.3, 0.4) is 0 Å². The summed E-state index contributed by atoms with van der Waals surface area (Å²) in [6.45, 7) is 1.59. The molecule has 1 rings (SSSR count). The van der Waals surface area contributed by atoms with E-state index in [9.17, 15) is 4.79 Å². The number of aliphatic hydroxyl groups excluding tert-OH is 2.